The Kier molecular flexibility index (Phi) is 3.16. The minimum absolute atomic E-state index is 0.111. The molecule has 1 aliphatic heterocycles. The molecule has 1 saturated heterocycles. The Morgan fingerprint density at radius 2 is 1.88 bits per heavy atom. The van der Waals surface area contributed by atoms with Crippen LogP contribution in [0.3, 0.4) is 0 Å². The smallest absolute Gasteiger partial charge is 0.121 e. The van der Waals surface area contributed by atoms with E-state index >= 15 is 0 Å². The second-order valence-electron chi connectivity index (χ2n) is 3.89. The van der Waals surface area contributed by atoms with Crippen LogP contribution in [0, 0.1) is 0 Å². The number of halogens is 4. The van der Waals surface area contributed by atoms with E-state index in [2.05, 4.69) is 31.9 Å². The van der Waals surface area contributed by atoms with Crippen LogP contribution < -0.4 is 0 Å². The Morgan fingerprint density at radius 1 is 1.12 bits per heavy atom. The molecule has 1 nitrogen and oxygen atoms in total. The van der Waals surface area contributed by atoms with E-state index in [1.165, 1.54) is 0 Å². The van der Waals surface area contributed by atoms with Crippen molar-refractivity contribution in [1.29, 1.82) is 0 Å². The first-order chi connectivity index (χ1) is 8.08. The predicted octanol–water partition coefficient (Wildman–Crippen LogP) is 5.16. The average Bonchev–Trinajstić information content (AvgIpc) is 3.08. The van der Waals surface area contributed by atoms with Gasteiger partial charge in [0.1, 0.15) is 12.2 Å². The summed E-state index contributed by atoms with van der Waals surface area (Å²) in [5, 5.41) is 1.34. The highest BCUT2D eigenvalue weighted by molar-refractivity contribution is 9.12. The molecule has 1 fully saturated rings. The van der Waals surface area contributed by atoms with Crippen molar-refractivity contribution in [2.45, 2.75) is 12.2 Å². The lowest BCUT2D eigenvalue weighted by molar-refractivity contribution is 0.412. The van der Waals surface area contributed by atoms with E-state index in [4.69, 9.17) is 27.9 Å². The first-order valence-electron chi connectivity index (χ1n) is 4.95. The number of fused-ring (bicyclic) bond motifs is 1. The van der Waals surface area contributed by atoms with Crippen LogP contribution in [0.25, 0.3) is 5.57 Å². The third kappa shape index (κ3) is 2.13. The van der Waals surface area contributed by atoms with Crippen molar-refractivity contribution in [3.63, 3.8) is 0 Å². The van der Waals surface area contributed by atoms with E-state index in [1.54, 1.807) is 12.1 Å². The number of rotatable bonds is 1. The van der Waals surface area contributed by atoms with Crippen molar-refractivity contribution >= 4 is 60.6 Å². The fourth-order valence-corrected chi connectivity index (χ4v) is 3.51. The summed E-state index contributed by atoms with van der Waals surface area (Å²) >= 11 is 19.3. The predicted molar refractivity (Wildman–Crippen MR) is 78.0 cm³/mol. The molecule has 5 heteroatoms. The molecular formula is C12H6Br2Cl2O. The van der Waals surface area contributed by atoms with Crippen molar-refractivity contribution in [1.82, 2.24) is 0 Å². The van der Waals surface area contributed by atoms with Gasteiger partial charge < -0.3 is 4.74 Å². The van der Waals surface area contributed by atoms with Gasteiger partial charge in [-0.2, -0.15) is 0 Å². The summed E-state index contributed by atoms with van der Waals surface area (Å²) in [5.41, 5.74) is 1.93. The SMILES string of the molecule is Clc1ccc(Cl)c(C2=C(Br)C3OC3C(Br)=C2)c1. The van der Waals surface area contributed by atoms with Crippen LogP contribution in [0.15, 0.2) is 33.2 Å². The molecular weight excluding hydrogens is 391 g/mol. The fraction of sp³-hybridized carbons (Fsp3) is 0.167. The zero-order valence-electron chi connectivity index (χ0n) is 8.38. The first-order valence-corrected chi connectivity index (χ1v) is 7.30. The topological polar surface area (TPSA) is 12.5 Å². The van der Waals surface area contributed by atoms with Gasteiger partial charge in [0.05, 0.1) is 0 Å². The second-order valence-corrected chi connectivity index (χ2v) is 6.51. The quantitative estimate of drug-likeness (QED) is 0.597. The number of allylic oxidation sites excluding steroid dienone is 2. The molecule has 1 aliphatic carbocycles. The van der Waals surface area contributed by atoms with Crippen LogP contribution in [0.1, 0.15) is 5.56 Å². The van der Waals surface area contributed by atoms with Crippen molar-refractivity contribution in [2.75, 3.05) is 0 Å². The maximum Gasteiger partial charge on any atom is 0.121 e. The van der Waals surface area contributed by atoms with Gasteiger partial charge in [-0.1, -0.05) is 55.1 Å². The molecule has 0 N–H and O–H groups in total. The van der Waals surface area contributed by atoms with Crippen LogP contribution in [0.2, 0.25) is 10.0 Å². The lowest BCUT2D eigenvalue weighted by Gasteiger charge is -2.12. The molecule has 2 atom stereocenters. The van der Waals surface area contributed by atoms with Gasteiger partial charge in [-0.15, -0.1) is 0 Å². The Balaban J connectivity index is 2.15. The van der Waals surface area contributed by atoms with Gasteiger partial charge in [0.2, 0.25) is 0 Å². The molecule has 1 aromatic rings. The third-order valence-corrected chi connectivity index (χ3v) is 4.89. The Morgan fingerprint density at radius 3 is 2.65 bits per heavy atom. The number of hydrogen-bond donors (Lipinski definition) is 0. The van der Waals surface area contributed by atoms with Gasteiger partial charge in [-0.25, -0.2) is 0 Å². The van der Waals surface area contributed by atoms with E-state index in [0.717, 1.165) is 20.1 Å². The molecule has 0 bridgehead atoms. The largest absolute Gasteiger partial charge is 0.358 e. The Bertz CT molecular complexity index is 566. The lowest BCUT2D eigenvalue weighted by atomic mass is 9.99. The van der Waals surface area contributed by atoms with Crippen molar-refractivity contribution in [3.05, 3.63) is 48.8 Å². The molecule has 3 rings (SSSR count). The van der Waals surface area contributed by atoms with Gasteiger partial charge in [-0.05, 0) is 29.8 Å². The highest BCUT2D eigenvalue weighted by atomic mass is 79.9. The van der Waals surface area contributed by atoms with Crippen molar-refractivity contribution in [3.8, 4) is 0 Å². The molecule has 0 aromatic heterocycles. The van der Waals surface area contributed by atoms with Crippen molar-refractivity contribution < 1.29 is 4.74 Å². The summed E-state index contributed by atoms with van der Waals surface area (Å²) in [7, 11) is 0. The normalized spacial score (nSPS) is 26.7. The Hall–Kier alpha value is 0.200. The van der Waals surface area contributed by atoms with Gasteiger partial charge in [0.15, 0.2) is 0 Å². The summed E-state index contributed by atoms with van der Waals surface area (Å²) in [4.78, 5) is 0. The molecule has 1 heterocycles. The third-order valence-electron chi connectivity index (χ3n) is 2.77. The summed E-state index contributed by atoms with van der Waals surface area (Å²) < 4.78 is 7.59. The average molecular weight is 397 g/mol. The van der Waals surface area contributed by atoms with Crippen LogP contribution >= 0.6 is 55.1 Å². The van der Waals surface area contributed by atoms with E-state index in [1.807, 2.05) is 12.1 Å². The Labute approximate surface area is 126 Å². The van der Waals surface area contributed by atoms with E-state index in [9.17, 15) is 0 Å². The van der Waals surface area contributed by atoms with Crippen LogP contribution in [-0.4, -0.2) is 12.2 Å². The van der Waals surface area contributed by atoms with Gasteiger partial charge in [0.25, 0.3) is 0 Å². The highest BCUT2D eigenvalue weighted by Gasteiger charge is 2.46. The molecule has 17 heavy (non-hydrogen) atoms. The van der Waals surface area contributed by atoms with E-state index < -0.39 is 0 Å². The lowest BCUT2D eigenvalue weighted by Crippen LogP contribution is -2.03. The number of epoxide rings is 1. The summed E-state index contributed by atoms with van der Waals surface area (Å²) in [6, 6.07) is 5.44. The zero-order valence-corrected chi connectivity index (χ0v) is 13.1. The minimum Gasteiger partial charge on any atom is -0.358 e. The first kappa shape index (κ1) is 12.2. The molecule has 0 amide bonds. The molecule has 2 aliphatic rings. The van der Waals surface area contributed by atoms with E-state index in [-0.39, 0.29) is 12.2 Å². The minimum atomic E-state index is 0.111. The second kappa shape index (κ2) is 4.39. The van der Waals surface area contributed by atoms with Gasteiger partial charge >= 0.3 is 0 Å². The molecule has 0 saturated carbocycles. The monoisotopic (exact) mass is 394 g/mol. The molecule has 88 valence electrons. The summed E-state index contributed by atoms with van der Waals surface area (Å²) in [6.07, 6.45) is 2.29. The van der Waals surface area contributed by atoms with Crippen LogP contribution in [0.5, 0.6) is 0 Å². The summed E-state index contributed by atoms with van der Waals surface area (Å²) in [5.74, 6) is 0. The number of hydrogen-bond acceptors (Lipinski definition) is 1. The zero-order chi connectivity index (χ0) is 12.2. The van der Waals surface area contributed by atoms with E-state index in [0.29, 0.717) is 10.0 Å². The molecule has 0 spiro atoms. The van der Waals surface area contributed by atoms with Crippen LogP contribution in [-0.2, 0) is 4.74 Å². The van der Waals surface area contributed by atoms with Crippen LogP contribution in [0.4, 0.5) is 0 Å². The fourth-order valence-electron chi connectivity index (χ4n) is 1.87. The number of benzene rings is 1. The standard InChI is InChI=1S/C12H6Br2Cl2O/c13-8-4-7(10(14)12-11(8)17-12)6-3-5(15)1-2-9(6)16/h1-4,11-12H. The van der Waals surface area contributed by atoms with Gasteiger partial charge in [-0.3, -0.25) is 0 Å². The highest BCUT2D eigenvalue weighted by Crippen LogP contribution is 2.48. The molecule has 0 radical (unpaired) electrons. The van der Waals surface area contributed by atoms with Crippen molar-refractivity contribution in [2.24, 2.45) is 0 Å². The maximum absolute atomic E-state index is 6.20. The maximum atomic E-state index is 6.20. The number of ether oxygens (including phenoxy) is 1. The molecule has 2 unspecified atom stereocenters. The van der Waals surface area contributed by atoms with Gasteiger partial charge in [0, 0.05) is 24.6 Å². The molecule has 1 aromatic carbocycles. The summed E-state index contributed by atoms with van der Waals surface area (Å²) in [6.45, 7) is 0.